The lowest BCUT2D eigenvalue weighted by molar-refractivity contribution is 0.0644. The second kappa shape index (κ2) is 6.87. The molecule has 16 heavy (non-hydrogen) atoms. The van der Waals surface area contributed by atoms with Gasteiger partial charge in [-0.05, 0) is 37.5 Å². The van der Waals surface area contributed by atoms with Gasteiger partial charge in [0.15, 0.2) is 0 Å². The molecule has 0 spiro atoms. The number of hydrogen-bond donors (Lipinski definition) is 0. The smallest absolute Gasteiger partial charge is 0.124 e. The van der Waals surface area contributed by atoms with Gasteiger partial charge in [-0.15, -0.1) is 0 Å². The van der Waals surface area contributed by atoms with Crippen molar-refractivity contribution < 1.29 is 9.13 Å². The van der Waals surface area contributed by atoms with E-state index >= 15 is 0 Å². The van der Waals surface area contributed by atoms with E-state index in [1.54, 1.807) is 6.07 Å². The second-order valence-electron chi connectivity index (χ2n) is 3.97. The lowest BCUT2D eigenvalue weighted by atomic mass is 10.1. The Bertz CT molecular complexity index is 328. The zero-order valence-electron chi connectivity index (χ0n) is 9.80. The third-order valence-corrected chi connectivity index (χ3v) is 2.77. The van der Waals surface area contributed by atoms with Crippen molar-refractivity contribution in [1.82, 2.24) is 0 Å². The Morgan fingerprint density at radius 1 is 1.44 bits per heavy atom. The average molecular weight is 245 g/mol. The molecule has 0 aromatic heterocycles. The van der Waals surface area contributed by atoms with Crippen LogP contribution in [-0.2, 0) is 11.2 Å². The van der Waals surface area contributed by atoms with Gasteiger partial charge in [0.2, 0.25) is 0 Å². The molecule has 0 saturated carbocycles. The Morgan fingerprint density at radius 2 is 2.19 bits per heavy atom. The van der Waals surface area contributed by atoms with E-state index in [9.17, 15) is 4.39 Å². The van der Waals surface area contributed by atoms with Crippen LogP contribution in [0.4, 0.5) is 4.39 Å². The number of hydrogen-bond acceptors (Lipinski definition) is 1. The van der Waals surface area contributed by atoms with Crippen molar-refractivity contribution in [3.63, 3.8) is 0 Å². The lowest BCUT2D eigenvalue weighted by Crippen LogP contribution is -2.12. The SMILES string of the molecule is CCCCOC(C)Cc1ccc(F)cc1Cl. The predicted molar refractivity (Wildman–Crippen MR) is 65.4 cm³/mol. The predicted octanol–water partition coefficient (Wildman–Crippen LogP) is 4.23. The van der Waals surface area contributed by atoms with Gasteiger partial charge in [-0.2, -0.15) is 0 Å². The Morgan fingerprint density at radius 3 is 2.81 bits per heavy atom. The summed E-state index contributed by atoms with van der Waals surface area (Å²) in [6, 6.07) is 4.49. The minimum atomic E-state index is -0.298. The standard InChI is InChI=1S/C13H18ClFO/c1-3-4-7-16-10(2)8-11-5-6-12(15)9-13(11)14/h5-6,9-10H,3-4,7-8H2,1-2H3. The molecule has 0 N–H and O–H groups in total. The molecule has 1 rings (SSSR count). The molecule has 0 heterocycles. The van der Waals surface area contributed by atoms with Crippen LogP contribution in [0.25, 0.3) is 0 Å². The van der Waals surface area contributed by atoms with Gasteiger partial charge in [0.05, 0.1) is 6.10 Å². The van der Waals surface area contributed by atoms with Crippen LogP contribution < -0.4 is 0 Å². The number of rotatable bonds is 6. The van der Waals surface area contributed by atoms with E-state index in [4.69, 9.17) is 16.3 Å². The van der Waals surface area contributed by atoms with Gasteiger partial charge < -0.3 is 4.74 Å². The van der Waals surface area contributed by atoms with Crippen molar-refractivity contribution in [3.05, 3.63) is 34.6 Å². The third kappa shape index (κ3) is 4.50. The monoisotopic (exact) mass is 244 g/mol. The molecule has 1 aromatic rings. The number of unbranched alkanes of at least 4 members (excludes halogenated alkanes) is 1. The van der Waals surface area contributed by atoms with Gasteiger partial charge in [0.25, 0.3) is 0 Å². The molecule has 0 saturated heterocycles. The number of benzene rings is 1. The molecule has 1 nitrogen and oxygen atoms in total. The fourth-order valence-corrected chi connectivity index (χ4v) is 1.73. The highest BCUT2D eigenvalue weighted by Gasteiger charge is 2.07. The van der Waals surface area contributed by atoms with Crippen LogP contribution in [-0.4, -0.2) is 12.7 Å². The van der Waals surface area contributed by atoms with E-state index in [2.05, 4.69) is 6.92 Å². The van der Waals surface area contributed by atoms with Crippen LogP contribution in [0.1, 0.15) is 32.3 Å². The van der Waals surface area contributed by atoms with Crippen molar-refractivity contribution in [2.45, 2.75) is 39.2 Å². The van der Waals surface area contributed by atoms with Crippen molar-refractivity contribution in [2.75, 3.05) is 6.61 Å². The maximum Gasteiger partial charge on any atom is 0.124 e. The van der Waals surface area contributed by atoms with Crippen LogP contribution in [0.3, 0.4) is 0 Å². The zero-order chi connectivity index (χ0) is 12.0. The Labute approximate surface area is 102 Å². The van der Waals surface area contributed by atoms with E-state index in [1.165, 1.54) is 12.1 Å². The molecular weight excluding hydrogens is 227 g/mol. The highest BCUT2D eigenvalue weighted by atomic mass is 35.5. The first-order valence-corrected chi connectivity index (χ1v) is 6.06. The minimum Gasteiger partial charge on any atom is -0.378 e. The van der Waals surface area contributed by atoms with Crippen LogP contribution in [0.5, 0.6) is 0 Å². The summed E-state index contributed by atoms with van der Waals surface area (Å²) in [6.45, 7) is 4.91. The molecular formula is C13H18ClFO. The second-order valence-corrected chi connectivity index (χ2v) is 4.38. The van der Waals surface area contributed by atoms with Crippen LogP contribution >= 0.6 is 11.6 Å². The van der Waals surface area contributed by atoms with Gasteiger partial charge >= 0.3 is 0 Å². The summed E-state index contributed by atoms with van der Waals surface area (Å²) in [6.07, 6.45) is 3.04. The Kier molecular flexibility index (Phi) is 5.78. The van der Waals surface area contributed by atoms with E-state index in [-0.39, 0.29) is 11.9 Å². The molecule has 0 aliphatic heterocycles. The average Bonchev–Trinajstić information content (AvgIpc) is 2.23. The first-order chi connectivity index (χ1) is 7.63. The Balaban J connectivity index is 2.46. The molecule has 0 radical (unpaired) electrons. The van der Waals surface area contributed by atoms with Gasteiger partial charge in [-0.25, -0.2) is 4.39 Å². The maximum absolute atomic E-state index is 12.8. The molecule has 0 aliphatic rings. The summed E-state index contributed by atoms with van der Waals surface area (Å²) in [5.41, 5.74) is 0.937. The van der Waals surface area contributed by atoms with Gasteiger partial charge in [0, 0.05) is 11.6 Å². The lowest BCUT2D eigenvalue weighted by Gasteiger charge is -2.13. The quantitative estimate of drug-likeness (QED) is 0.681. The summed E-state index contributed by atoms with van der Waals surface area (Å²) in [7, 11) is 0. The van der Waals surface area contributed by atoms with E-state index in [1.807, 2.05) is 6.92 Å². The molecule has 1 unspecified atom stereocenters. The van der Waals surface area contributed by atoms with Gasteiger partial charge in [-0.1, -0.05) is 31.0 Å². The summed E-state index contributed by atoms with van der Waals surface area (Å²) in [4.78, 5) is 0. The molecule has 0 fully saturated rings. The van der Waals surface area contributed by atoms with Crippen LogP contribution in [0, 0.1) is 5.82 Å². The maximum atomic E-state index is 12.8. The highest BCUT2D eigenvalue weighted by molar-refractivity contribution is 6.31. The first kappa shape index (κ1) is 13.5. The van der Waals surface area contributed by atoms with Crippen LogP contribution in [0.2, 0.25) is 5.02 Å². The fraction of sp³-hybridized carbons (Fsp3) is 0.538. The van der Waals surface area contributed by atoms with Crippen molar-refractivity contribution >= 4 is 11.6 Å². The van der Waals surface area contributed by atoms with E-state index in [0.717, 1.165) is 31.4 Å². The first-order valence-electron chi connectivity index (χ1n) is 5.69. The topological polar surface area (TPSA) is 9.23 Å². The van der Waals surface area contributed by atoms with E-state index < -0.39 is 0 Å². The summed E-state index contributed by atoms with van der Waals surface area (Å²) in [5, 5.41) is 0.478. The summed E-state index contributed by atoms with van der Waals surface area (Å²) in [5.74, 6) is -0.298. The normalized spacial score (nSPS) is 12.8. The zero-order valence-corrected chi connectivity index (χ0v) is 10.6. The van der Waals surface area contributed by atoms with Crippen LogP contribution in [0.15, 0.2) is 18.2 Å². The largest absolute Gasteiger partial charge is 0.378 e. The minimum absolute atomic E-state index is 0.120. The van der Waals surface area contributed by atoms with Gasteiger partial charge in [-0.3, -0.25) is 0 Å². The van der Waals surface area contributed by atoms with Crippen molar-refractivity contribution in [3.8, 4) is 0 Å². The third-order valence-electron chi connectivity index (χ3n) is 2.42. The van der Waals surface area contributed by atoms with Gasteiger partial charge in [0.1, 0.15) is 5.82 Å². The fourth-order valence-electron chi connectivity index (χ4n) is 1.48. The highest BCUT2D eigenvalue weighted by Crippen LogP contribution is 2.19. The van der Waals surface area contributed by atoms with E-state index in [0.29, 0.717) is 5.02 Å². The summed E-state index contributed by atoms with van der Waals surface area (Å²) < 4.78 is 18.4. The molecule has 0 aliphatic carbocycles. The van der Waals surface area contributed by atoms with Crippen molar-refractivity contribution in [1.29, 1.82) is 0 Å². The molecule has 90 valence electrons. The molecule has 1 atom stereocenters. The van der Waals surface area contributed by atoms with Crippen molar-refractivity contribution in [2.24, 2.45) is 0 Å². The molecule has 0 amide bonds. The summed E-state index contributed by atoms with van der Waals surface area (Å²) >= 11 is 5.94. The molecule has 3 heteroatoms. The number of halogens is 2. The molecule has 1 aromatic carbocycles. The molecule has 0 bridgehead atoms. The number of ether oxygens (including phenoxy) is 1. The Hall–Kier alpha value is -0.600.